The molecule has 0 aliphatic heterocycles. The fourth-order valence-electron chi connectivity index (χ4n) is 1.60. The van der Waals surface area contributed by atoms with Crippen molar-refractivity contribution < 1.29 is 5.11 Å². The van der Waals surface area contributed by atoms with E-state index in [4.69, 9.17) is 5.11 Å². The Hall–Kier alpha value is -0.870. The largest absolute Gasteiger partial charge is 0.396 e. The van der Waals surface area contributed by atoms with Crippen LogP contribution in [0, 0.1) is 0 Å². The first-order valence-electron chi connectivity index (χ1n) is 5.00. The molecule has 0 aromatic carbocycles. The Morgan fingerprint density at radius 1 is 1.57 bits per heavy atom. The predicted octanol–water partition coefficient (Wildman–Crippen LogP) is 0.842. The van der Waals surface area contributed by atoms with Crippen LogP contribution in [0.15, 0.2) is 12.3 Å². The second-order valence-corrected chi connectivity index (χ2v) is 3.68. The second kappa shape index (κ2) is 5.12. The van der Waals surface area contributed by atoms with Crippen molar-refractivity contribution in [2.24, 2.45) is 7.05 Å². The average molecular weight is 197 g/mol. The monoisotopic (exact) mass is 197 g/mol. The van der Waals surface area contributed by atoms with Crippen molar-refractivity contribution in [3.05, 3.63) is 18.0 Å². The Bertz CT molecular complexity index is 272. The molecule has 1 aromatic heterocycles. The zero-order valence-corrected chi connectivity index (χ0v) is 9.07. The van der Waals surface area contributed by atoms with Gasteiger partial charge < -0.3 is 10.4 Å². The maximum atomic E-state index is 8.78. The van der Waals surface area contributed by atoms with E-state index in [0.717, 1.165) is 12.1 Å². The topological polar surface area (TPSA) is 50.1 Å². The van der Waals surface area contributed by atoms with Crippen LogP contribution in [0.4, 0.5) is 0 Å². The van der Waals surface area contributed by atoms with E-state index >= 15 is 0 Å². The van der Waals surface area contributed by atoms with Crippen molar-refractivity contribution in [1.29, 1.82) is 0 Å². The van der Waals surface area contributed by atoms with Gasteiger partial charge in [0.15, 0.2) is 0 Å². The molecule has 1 rings (SSSR count). The van der Waals surface area contributed by atoms with Crippen molar-refractivity contribution in [1.82, 2.24) is 15.1 Å². The SMILES string of the molecule is CC(CCO)NC(C)c1ccnn1C. The van der Waals surface area contributed by atoms with Crippen LogP contribution in [-0.2, 0) is 7.05 Å². The Labute approximate surface area is 84.9 Å². The smallest absolute Gasteiger partial charge is 0.0547 e. The molecule has 0 aliphatic carbocycles. The van der Waals surface area contributed by atoms with E-state index in [1.54, 1.807) is 6.20 Å². The lowest BCUT2D eigenvalue weighted by molar-refractivity contribution is 0.263. The van der Waals surface area contributed by atoms with Crippen LogP contribution < -0.4 is 5.32 Å². The quantitative estimate of drug-likeness (QED) is 0.735. The van der Waals surface area contributed by atoms with Crippen LogP contribution in [0.3, 0.4) is 0 Å². The van der Waals surface area contributed by atoms with Crippen LogP contribution in [0.5, 0.6) is 0 Å². The summed E-state index contributed by atoms with van der Waals surface area (Å²) in [6.45, 7) is 4.40. The molecule has 2 unspecified atom stereocenters. The average Bonchev–Trinajstić information content (AvgIpc) is 2.51. The van der Waals surface area contributed by atoms with E-state index < -0.39 is 0 Å². The number of aliphatic hydroxyl groups excluding tert-OH is 1. The molecule has 0 spiro atoms. The number of rotatable bonds is 5. The molecule has 0 saturated carbocycles. The van der Waals surface area contributed by atoms with E-state index in [1.807, 2.05) is 17.8 Å². The molecule has 0 aliphatic rings. The summed E-state index contributed by atoms with van der Waals surface area (Å²) in [5.74, 6) is 0. The molecule has 0 bridgehead atoms. The fourth-order valence-corrected chi connectivity index (χ4v) is 1.60. The predicted molar refractivity (Wildman–Crippen MR) is 55.9 cm³/mol. The molecule has 4 heteroatoms. The third-order valence-corrected chi connectivity index (χ3v) is 2.40. The van der Waals surface area contributed by atoms with Gasteiger partial charge in [0.25, 0.3) is 0 Å². The normalized spacial score (nSPS) is 15.4. The number of nitrogens with one attached hydrogen (secondary N) is 1. The first-order valence-corrected chi connectivity index (χ1v) is 5.00. The molecule has 4 nitrogen and oxygen atoms in total. The summed E-state index contributed by atoms with van der Waals surface area (Å²) in [5.41, 5.74) is 1.16. The van der Waals surface area contributed by atoms with Crippen LogP contribution >= 0.6 is 0 Å². The minimum Gasteiger partial charge on any atom is -0.396 e. The van der Waals surface area contributed by atoms with Gasteiger partial charge >= 0.3 is 0 Å². The number of hydrogen-bond donors (Lipinski definition) is 2. The van der Waals surface area contributed by atoms with Gasteiger partial charge in [-0.1, -0.05) is 0 Å². The lowest BCUT2D eigenvalue weighted by Crippen LogP contribution is -2.30. The number of aryl methyl sites for hydroxylation is 1. The molecule has 1 aromatic rings. The third-order valence-electron chi connectivity index (χ3n) is 2.40. The van der Waals surface area contributed by atoms with Crippen molar-refractivity contribution in [3.63, 3.8) is 0 Å². The van der Waals surface area contributed by atoms with Crippen molar-refractivity contribution in [2.75, 3.05) is 6.61 Å². The van der Waals surface area contributed by atoms with Gasteiger partial charge in [0, 0.05) is 31.9 Å². The van der Waals surface area contributed by atoms with E-state index in [-0.39, 0.29) is 12.6 Å². The van der Waals surface area contributed by atoms with E-state index in [1.165, 1.54) is 0 Å². The molecule has 2 N–H and O–H groups in total. The highest BCUT2D eigenvalue weighted by molar-refractivity contribution is 5.05. The van der Waals surface area contributed by atoms with Gasteiger partial charge in [0.1, 0.15) is 0 Å². The number of nitrogens with zero attached hydrogens (tertiary/aromatic N) is 2. The van der Waals surface area contributed by atoms with Crippen LogP contribution in [0.2, 0.25) is 0 Å². The molecule has 1 heterocycles. The van der Waals surface area contributed by atoms with Crippen molar-refractivity contribution >= 4 is 0 Å². The number of hydrogen-bond acceptors (Lipinski definition) is 3. The zero-order valence-electron chi connectivity index (χ0n) is 9.07. The molecule has 0 fully saturated rings. The maximum Gasteiger partial charge on any atom is 0.0547 e. The highest BCUT2D eigenvalue weighted by Crippen LogP contribution is 2.11. The van der Waals surface area contributed by atoms with Crippen molar-refractivity contribution in [2.45, 2.75) is 32.4 Å². The summed E-state index contributed by atoms with van der Waals surface area (Å²) < 4.78 is 1.86. The van der Waals surface area contributed by atoms with Gasteiger partial charge in [0.2, 0.25) is 0 Å². The molecule has 80 valence electrons. The second-order valence-electron chi connectivity index (χ2n) is 3.68. The van der Waals surface area contributed by atoms with Crippen molar-refractivity contribution in [3.8, 4) is 0 Å². The minimum absolute atomic E-state index is 0.228. The van der Waals surface area contributed by atoms with Gasteiger partial charge in [-0.05, 0) is 26.3 Å². The molecule has 2 atom stereocenters. The summed E-state index contributed by atoms with van der Waals surface area (Å²) in [6, 6.07) is 2.59. The van der Waals surface area contributed by atoms with Gasteiger partial charge in [-0.15, -0.1) is 0 Å². The van der Waals surface area contributed by atoms with E-state index in [2.05, 4.69) is 24.3 Å². The summed E-state index contributed by atoms with van der Waals surface area (Å²) in [4.78, 5) is 0. The summed E-state index contributed by atoms with van der Waals surface area (Å²) in [6.07, 6.45) is 2.58. The fraction of sp³-hybridized carbons (Fsp3) is 0.700. The Morgan fingerprint density at radius 2 is 2.29 bits per heavy atom. The highest BCUT2D eigenvalue weighted by Gasteiger charge is 2.11. The Kier molecular flexibility index (Phi) is 4.10. The molecular formula is C10H19N3O. The van der Waals surface area contributed by atoms with E-state index in [0.29, 0.717) is 6.04 Å². The lowest BCUT2D eigenvalue weighted by atomic mass is 10.2. The van der Waals surface area contributed by atoms with Gasteiger partial charge in [-0.25, -0.2) is 0 Å². The summed E-state index contributed by atoms with van der Waals surface area (Å²) >= 11 is 0. The number of aromatic nitrogens is 2. The highest BCUT2D eigenvalue weighted by atomic mass is 16.3. The first kappa shape index (κ1) is 11.2. The summed E-state index contributed by atoms with van der Waals surface area (Å²) in [7, 11) is 1.93. The van der Waals surface area contributed by atoms with E-state index in [9.17, 15) is 0 Å². The lowest BCUT2D eigenvalue weighted by Gasteiger charge is -2.19. The van der Waals surface area contributed by atoms with Gasteiger partial charge in [-0.3, -0.25) is 4.68 Å². The Morgan fingerprint density at radius 3 is 2.79 bits per heavy atom. The van der Waals surface area contributed by atoms with Crippen LogP contribution in [0.1, 0.15) is 32.0 Å². The zero-order chi connectivity index (χ0) is 10.6. The molecule has 0 saturated heterocycles. The number of aliphatic hydroxyl groups is 1. The van der Waals surface area contributed by atoms with Gasteiger partial charge in [-0.2, -0.15) is 5.10 Å². The molecule has 0 amide bonds. The molecular weight excluding hydrogens is 178 g/mol. The Balaban J connectivity index is 2.50. The maximum absolute atomic E-state index is 8.78. The van der Waals surface area contributed by atoms with Gasteiger partial charge in [0.05, 0.1) is 5.69 Å². The summed E-state index contributed by atoms with van der Waals surface area (Å²) in [5, 5.41) is 16.3. The standard InChI is InChI=1S/C10H19N3O/c1-8(5-7-14)12-9(2)10-4-6-11-13(10)3/h4,6,8-9,12,14H,5,7H2,1-3H3. The molecule has 14 heavy (non-hydrogen) atoms. The minimum atomic E-state index is 0.228. The van der Waals surface area contributed by atoms with Crippen LogP contribution in [0.25, 0.3) is 0 Å². The van der Waals surface area contributed by atoms with Crippen LogP contribution in [-0.4, -0.2) is 27.5 Å². The third kappa shape index (κ3) is 2.82. The molecule has 0 radical (unpaired) electrons. The first-order chi connectivity index (χ1) is 6.65.